The van der Waals surface area contributed by atoms with Gasteiger partial charge in [0.05, 0.1) is 18.9 Å². The van der Waals surface area contributed by atoms with Gasteiger partial charge in [-0.3, -0.25) is 10.1 Å². The average Bonchev–Trinajstić information content (AvgIpc) is 3.15. The SMILES string of the molecule is COc1ccc(C2=NN3C(C2)c2ccccc2OC32CCSC(=O)N2)cc1. The number of thioether (sulfide) groups is 1. The molecule has 2 aromatic carbocycles. The van der Waals surface area contributed by atoms with Gasteiger partial charge in [-0.05, 0) is 35.9 Å². The first-order chi connectivity index (χ1) is 13.2. The molecule has 2 aromatic rings. The van der Waals surface area contributed by atoms with Crippen LogP contribution in [0.3, 0.4) is 0 Å². The van der Waals surface area contributed by atoms with Crippen LogP contribution in [-0.2, 0) is 0 Å². The van der Waals surface area contributed by atoms with E-state index in [-0.39, 0.29) is 11.3 Å². The maximum Gasteiger partial charge on any atom is 0.283 e. The highest BCUT2D eigenvalue weighted by Gasteiger charge is 2.52. The molecular weight excluding hydrogens is 362 g/mol. The van der Waals surface area contributed by atoms with E-state index in [0.717, 1.165) is 34.8 Å². The number of rotatable bonds is 2. The van der Waals surface area contributed by atoms with Gasteiger partial charge in [-0.1, -0.05) is 30.0 Å². The van der Waals surface area contributed by atoms with Crippen LogP contribution >= 0.6 is 11.8 Å². The number of hydrogen-bond acceptors (Lipinski definition) is 6. The maximum absolute atomic E-state index is 12.1. The van der Waals surface area contributed by atoms with E-state index in [1.165, 1.54) is 11.8 Å². The van der Waals surface area contributed by atoms with Gasteiger partial charge in [0.1, 0.15) is 11.5 Å². The Kier molecular flexibility index (Phi) is 3.79. The van der Waals surface area contributed by atoms with Crippen molar-refractivity contribution in [1.82, 2.24) is 10.3 Å². The lowest BCUT2D eigenvalue weighted by Crippen LogP contribution is -2.65. The number of nitrogens with one attached hydrogen (secondary N) is 1. The molecule has 3 aliphatic rings. The normalized spacial score (nSPS) is 26.0. The molecule has 0 aromatic heterocycles. The third-order valence-corrected chi connectivity index (χ3v) is 6.00. The molecular formula is C20H19N3O3S. The van der Waals surface area contributed by atoms with E-state index in [4.69, 9.17) is 14.6 Å². The number of carbonyl (C=O) groups excluding carboxylic acids is 1. The Labute approximate surface area is 161 Å². The highest BCUT2D eigenvalue weighted by molar-refractivity contribution is 8.13. The molecule has 6 nitrogen and oxygen atoms in total. The predicted octanol–water partition coefficient (Wildman–Crippen LogP) is 3.74. The summed E-state index contributed by atoms with van der Waals surface area (Å²) in [6.07, 6.45) is 1.44. The molecule has 1 saturated heterocycles. The number of benzene rings is 2. The van der Waals surface area contributed by atoms with Crippen molar-refractivity contribution in [2.75, 3.05) is 12.9 Å². The van der Waals surface area contributed by atoms with Crippen molar-refractivity contribution in [2.24, 2.45) is 5.10 Å². The van der Waals surface area contributed by atoms with Gasteiger partial charge < -0.3 is 9.47 Å². The van der Waals surface area contributed by atoms with Gasteiger partial charge in [0.2, 0.25) is 0 Å². The highest BCUT2D eigenvalue weighted by Crippen LogP contribution is 2.48. The van der Waals surface area contributed by atoms with Crippen LogP contribution in [-0.4, -0.2) is 34.7 Å². The summed E-state index contributed by atoms with van der Waals surface area (Å²) in [6, 6.07) is 16.0. The van der Waals surface area contributed by atoms with Crippen molar-refractivity contribution in [2.45, 2.75) is 24.7 Å². The number of methoxy groups -OCH3 is 1. The lowest BCUT2D eigenvalue weighted by atomic mass is 9.95. The van der Waals surface area contributed by atoms with E-state index in [9.17, 15) is 4.79 Å². The molecule has 0 bridgehead atoms. The van der Waals surface area contributed by atoms with Crippen LogP contribution in [0.5, 0.6) is 11.5 Å². The first-order valence-corrected chi connectivity index (χ1v) is 9.91. The van der Waals surface area contributed by atoms with Crippen LogP contribution in [0.4, 0.5) is 4.79 Å². The number of hydrazone groups is 1. The number of carbonyl (C=O) groups is 1. The third kappa shape index (κ3) is 2.65. The van der Waals surface area contributed by atoms with Gasteiger partial charge in [-0.15, -0.1) is 0 Å². The molecule has 3 heterocycles. The Bertz CT molecular complexity index is 930. The Morgan fingerprint density at radius 1 is 1.26 bits per heavy atom. The minimum Gasteiger partial charge on any atom is -0.497 e. The summed E-state index contributed by atoms with van der Waals surface area (Å²) in [5, 5.41) is 9.82. The Balaban J connectivity index is 1.57. The largest absolute Gasteiger partial charge is 0.497 e. The molecule has 138 valence electrons. The first-order valence-electron chi connectivity index (χ1n) is 8.93. The van der Waals surface area contributed by atoms with Crippen LogP contribution < -0.4 is 14.8 Å². The van der Waals surface area contributed by atoms with Gasteiger partial charge in [-0.2, -0.15) is 5.10 Å². The second-order valence-electron chi connectivity index (χ2n) is 6.77. The van der Waals surface area contributed by atoms with Crippen molar-refractivity contribution < 1.29 is 14.3 Å². The Hall–Kier alpha value is -2.67. The summed E-state index contributed by atoms with van der Waals surface area (Å²) in [4.78, 5) is 12.1. The lowest BCUT2D eigenvalue weighted by molar-refractivity contribution is -0.135. The molecule has 1 spiro atoms. The van der Waals surface area contributed by atoms with Gasteiger partial charge in [0.15, 0.2) is 0 Å². The average molecular weight is 381 g/mol. The second-order valence-corrected chi connectivity index (χ2v) is 7.84. The molecule has 2 unspecified atom stereocenters. The van der Waals surface area contributed by atoms with E-state index in [1.807, 2.05) is 47.5 Å². The number of nitrogens with zero attached hydrogens (tertiary/aromatic N) is 2. The zero-order chi connectivity index (χ0) is 18.4. The number of fused-ring (bicyclic) bond motifs is 4. The predicted molar refractivity (Wildman–Crippen MR) is 104 cm³/mol. The molecule has 27 heavy (non-hydrogen) atoms. The minimum atomic E-state index is -0.921. The van der Waals surface area contributed by atoms with E-state index < -0.39 is 5.85 Å². The van der Waals surface area contributed by atoms with Crippen molar-refractivity contribution in [3.63, 3.8) is 0 Å². The van der Waals surface area contributed by atoms with Gasteiger partial charge in [0.25, 0.3) is 11.1 Å². The summed E-state index contributed by atoms with van der Waals surface area (Å²) in [7, 11) is 1.66. The molecule has 1 fully saturated rings. The summed E-state index contributed by atoms with van der Waals surface area (Å²) >= 11 is 1.28. The summed E-state index contributed by atoms with van der Waals surface area (Å²) in [5.74, 6) is 1.41. The van der Waals surface area contributed by atoms with Crippen LogP contribution in [0.2, 0.25) is 0 Å². The Morgan fingerprint density at radius 2 is 2.07 bits per heavy atom. The molecule has 0 saturated carbocycles. The molecule has 1 N–H and O–H groups in total. The fourth-order valence-electron chi connectivity index (χ4n) is 3.91. The number of para-hydroxylation sites is 1. The van der Waals surface area contributed by atoms with Crippen LogP contribution in [0.25, 0.3) is 0 Å². The van der Waals surface area contributed by atoms with E-state index in [0.29, 0.717) is 12.2 Å². The van der Waals surface area contributed by atoms with Gasteiger partial charge >= 0.3 is 0 Å². The summed E-state index contributed by atoms with van der Waals surface area (Å²) < 4.78 is 11.6. The summed E-state index contributed by atoms with van der Waals surface area (Å²) in [5.41, 5.74) is 3.13. The second kappa shape index (κ2) is 6.20. The molecule has 7 heteroatoms. The zero-order valence-corrected chi connectivity index (χ0v) is 15.7. The van der Waals surface area contributed by atoms with E-state index in [1.54, 1.807) is 7.11 Å². The van der Waals surface area contributed by atoms with Crippen LogP contribution in [0, 0.1) is 0 Å². The van der Waals surface area contributed by atoms with Crippen LogP contribution in [0.1, 0.15) is 30.0 Å². The fraction of sp³-hybridized carbons (Fsp3) is 0.300. The molecule has 5 rings (SSSR count). The Morgan fingerprint density at radius 3 is 2.85 bits per heavy atom. The van der Waals surface area contributed by atoms with Crippen LogP contribution in [0.15, 0.2) is 53.6 Å². The standard InChI is InChI=1S/C20H19N3O3S/c1-25-14-8-6-13(7-9-14)16-12-17-15-4-2-3-5-18(15)26-20(23(17)22-16)10-11-27-19(24)21-20/h2-9,17H,10-12H2,1H3,(H,21,24). The van der Waals surface area contributed by atoms with Crippen molar-refractivity contribution >= 4 is 22.7 Å². The quantitative estimate of drug-likeness (QED) is 0.859. The summed E-state index contributed by atoms with van der Waals surface area (Å²) in [6.45, 7) is 0. The molecule has 2 atom stereocenters. The number of ether oxygens (including phenoxy) is 2. The molecule has 0 radical (unpaired) electrons. The highest BCUT2D eigenvalue weighted by atomic mass is 32.2. The lowest BCUT2D eigenvalue weighted by Gasteiger charge is -2.48. The third-order valence-electron chi connectivity index (χ3n) is 5.23. The molecule has 1 amide bonds. The van der Waals surface area contributed by atoms with Crippen molar-refractivity contribution in [3.8, 4) is 11.5 Å². The van der Waals surface area contributed by atoms with E-state index >= 15 is 0 Å². The molecule has 3 aliphatic heterocycles. The fourth-order valence-corrected chi connectivity index (χ4v) is 4.71. The maximum atomic E-state index is 12.1. The monoisotopic (exact) mass is 381 g/mol. The van der Waals surface area contributed by atoms with Crippen molar-refractivity contribution in [3.05, 3.63) is 59.7 Å². The van der Waals surface area contributed by atoms with Gasteiger partial charge in [0, 0.05) is 24.2 Å². The van der Waals surface area contributed by atoms with Crippen molar-refractivity contribution in [1.29, 1.82) is 0 Å². The minimum absolute atomic E-state index is 0.0375. The smallest absolute Gasteiger partial charge is 0.283 e. The van der Waals surface area contributed by atoms with Gasteiger partial charge in [-0.25, -0.2) is 5.01 Å². The number of amides is 1. The molecule has 0 aliphatic carbocycles. The first kappa shape index (κ1) is 16.5. The zero-order valence-electron chi connectivity index (χ0n) is 14.8. The topological polar surface area (TPSA) is 63.2 Å². The van der Waals surface area contributed by atoms with E-state index in [2.05, 4.69) is 11.4 Å². The number of hydrogen-bond donors (Lipinski definition) is 1.